The summed E-state index contributed by atoms with van der Waals surface area (Å²) in [7, 11) is 0. The normalized spacial score (nSPS) is 17.4. The van der Waals surface area contributed by atoms with Crippen molar-refractivity contribution in [2.24, 2.45) is 0 Å². The Hall–Kier alpha value is -1.90. The third-order valence-electron chi connectivity index (χ3n) is 3.48. The Bertz CT molecular complexity index is 551. The van der Waals surface area contributed by atoms with Crippen LogP contribution in [0.2, 0.25) is 0 Å². The largest absolute Gasteiger partial charge is 0.401 e. The lowest BCUT2D eigenvalue weighted by Gasteiger charge is -2.24. The predicted octanol–water partition coefficient (Wildman–Crippen LogP) is 2.81. The summed E-state index contributed by atoms with van der Waals surface area (Å²) in [6, 6.07) is 3.77. The fourth-order valence-corrected chi connectivity index (χ4v) is 2.56. The van der Waals surface area contributed by atoms with Gasteiger partial charge >= 0.3 is 11.9 Å². The van der Waals surface area contributed by atoms with Gasteiger partial charge < -0.3 is 4.90 Å². The minimum Gasteiger partial charge on any atom is -0.365 e. The summed E-state index contributed by atoms with van der Waals surface area (Å²) in [6.07, 6.45) is -3.86. The molecule has 0 aromatic heterocycles. The average molecular weight is 321 g/mol. The van der Waals surface area contributed by atoms with Gasteiger partial charge in [-0.15, -0.1) is 0 Å². The lowest BCUT2D eigenvalue weighted by atomic mass is 10.2. The molecule has 0 aliphatic carbocycles. The van der Waals surface area contributed by atoms with Gasteiger partial charge in [0.15, 0.2) is 0 Å². The Kier molecular flexibility index (Phi) is 4.84. The minimum absolute atomic E-state index is 0.110. The Morgan fingerprint density at radius 1 is 1.18 bits per heavy atom. The highest BCUT2D eigenvalue weighted by molar-refractivity contribution is 5.63. The summed E-state index contributed by atoms with van der Waals surface area (Å²) >= 11 is 0. The van der Waals surface area contributed by atoms with Crippen molar-refractivity contribution in [1.82, 2.24) is 4.90 Å². The Morgan fingerprint density at radius 3 is 2.55 bits per heavy atom. The second-order valence-electron chi connectivity index (χ2n) is 5.10. The van der Waals surface area contributed by atoms with Crippen LogP contribution in [-0.2, 0) is 0 Å². The molecule has 1 aliphatic heterocycles. The number of hydrogen-bond donors (Lipinski definition) is 0. The van der Waals surface area contributed by atoms with Crippen LogP contribution in [0.15, 0.2) is 18.2 Å². The van der Waals surface area contributed by atoms with E-state index >= 15 is 0 Å². The molecule has 0 spiro atoms. The molecule has 1 saturated heterocycles. The van der Waals surface area contributed by atoms with Crippen LogP contribution in [0, 0.1) is 15.9 Å². The monoisotopic (exact) mass is 321 g/mol. The van der Waals surface area contributed by atoms with E-state index in [1.54, 1.807) is 4.90 Å². The molecular weight excluding hydrogens is 306 g/mol. The Morgan fingerprint density at radius 2 is 1.91 bits per heavy atom. The van der Waals surface area contributed by atoms with Gasteiger partial charge in [0, 0.05) is 26.2 Å². The number of nitrogens with zero attached hydrogens (tertiary/aromatic N) is 3. The number of hydrogen-bond acceptors (Lipinski definition) is 4. The van der Waals surface area contributed by atoms with Gasteiger partial charge in [0.25, 0.3) is 0 Å². The van der Waals surface area contributed by atoms with Crippen molar-refractivity contribution in [3.05, 3.63) is 34.1 Å². The molecule has 1 fully saturated rings. The average Bonchev–Trinajstić information content (AvgIpc) is 2.61. The fourth-order valence-electron chi connectivity index (χ4n) is 2.56. The summed E-state index contributed by atoms with van der Waals surface area (Å²) in [4.78, 5) is 13.0. The number of alkyl halides is 3. The van der Waals surface area contributed by atoms with Crippen molar-refractivity contribution in [3.63, 3.8) is 0 Å². The van der Waals surface area contributed by atoms with E-state index in [2.05, 4.69) is 0 Å². The lowest BCUT2D eigenvalue weighted by Crippen LogP contribution is -2.37. The topological polar surface area (TPSA) is 49.6 Å². The van der Waals surface area contributed by atoms with Gasteiger partial charge in [-0.2, -0.15) is 17.6 Å². The van der Waals surface area contributed by atoms with Crippen LogP contribution in [0.3, 0.4) is 0 Å². The van der Waals surface area contributed by atoms with E-state index in [1.807, 2.05) is 0 Å². The van der Waals surface area contributed by atoms with E-state index in [0.29, 0.717) is 13.0 Å². The number of rotatable bonds is 3. The standard InChI is InChI=1S/C13H15F4N3O2/c14-10-3-1-4-11(12(10)20(21)22)19-6-2-5-18(7-8-19)9-13(15,16)17/h1,3-4H,2,5-9H2. The molecule has 0 atom stereocenters. The van der Waals surface area contributed by atoms with E-state index < -0.39 is 29.1 Å². The minimum atomic E-state index is -4.28. The van der Waals surface area contributed by atoms with Crippen LogP contribution in [-0.4, -0.2) is 48.7 Å². The third kappa shape index (κ3) is 4.06. The summed E-state index contributed by atoms with van der Waals surface area (Å²) in [5.74, 6) is -0.945. The first-order chi connectivity index (χ1) is 10.3. The van der Waals surface area contributed by atoms with E-state index in [-0.39, 0.29) is 25.3 Å². The van der Waals surface area contributed by atoms with E-state index in [9.17, 15) is 27.7 Å². The van der Waals surface area contributed by atoms with Crippen molar-refractivity contribution < 1.29 is 22.5 Å². The van der Waals surface area contributed by atoms with Crippen LogP contribution in [0.25, 0.3) is 0 Å². The summed E-state index contributed by atoms with van der Waals surface area (Å²) in [5.41, 5.74) is -0.523. The number of nitro groups is 1. The first kappa shape index (κ1) is 16.5. The van der Waals surface area contributed by atoms with Gasteiger partial charge in [0.1, 0.15) is 5.69 Å². The van der Waals surface area contributed by atoms with Crippen molar-refractivity contribution in [3.8, 4) is 0 Å². The SMILES string of the molecule is O=[N+]([O-])c1c(F)cccc1N1CCCN(CC(F)(F)F)CC1. The molecule has 9 heteroatoms. The fraction of sp³-hybridized carbons (Fsp3) is 0.538. The first-order valence-electron chi connectivity index (χ1n) is 6.75. The summed E-state index contributed by atoms with van der Waals surface area (Å²) in [5, 5.41) is 11.0. The molecule has 2 rings (SSSR count). The molecule has 1 aliphatic rings. The molecule has 0 N–H and O–H groups in total. The molecule has 0 amide bonds. The van der Waals surface area contributed by atoms with Crippen molar-refractivity contribution in [1.29, 1.82) is 0 Å². The highest BCUT2D eigenvalue weighted by atomic mass is 19.4. The zero-order chi connectivity index (χ0) is 16.3. The van der Waals surface area contributed by atoms with E-state index in [0.717, 1.165) is 6.07 Å². The number of benzene rings is 1. The van der Waals surface area contributed by atoms with Gasteiger partial charge in [-0.1, -0.05) is 6.07 Å². The summed E-state index contributed by atoms with van der Waals surface area (Å²) in [6.45, 7) is -0.114. The van der Waals surface area contributed by atoms with Crippen molar-refractivity contribution in [2.45, 2.75) is 12.6 Å². The highest BCUT2D eigenvalue weighted by Crippen LogP contribution is 2.31. The quantitative estimate of drug-likeness (QED) is 0.488. The Balaban J connectivity index is 2.15. The highest BCUT2D eigenvalue weighted by Gasteiger charge is 2.32. The zero-order valence-corrected chi connectivity index (χ0v) is 11.6. The van der Waals surface area contributed by atoms with Gasteiger partial charge in [0.2, 0.25) is 5.82 Å². The van der Waals surface area contributed by atoms with Gasteiger partial charge in [-0.3, -0.25) is 15.0 Å². The first-order valence-corrected chi connectivity index (χ1v) is 6.75. The van der Waals surface area contributed by atoms with Crippen LogP contribution >= 0.6 is 0 Å². The molecule has 1 aromatic rings. The van der Waals surface area contributed by atoms with E-state index in [4.69, 9.17) is 0 Å². The third-order valence-corrected chi connectivity index (χ3v) is 3.48. The molecule has 5 nitrogen and oxygen atoms in total. The molecule has 1 heterocycles. The molecule has 0 saturated carbocycles. The van der Waals surface area contributed by atoms with Gasteiger partial charge in [0.05, 0.1) is 11.5 Å². The predicted molar refractivity (Wildman–Crippen MR) is 72.4 cm³/mol. The smallest absolute Gasteiger partial charge is 0.365 e. The number of halogens is 4. The maximum atomic E-state index is 13.6. The molecule has 1 aromatic carbocycles. The van der Waals surface area contributed by atoms with Crippen LogP contribution in [0.1, 0.15) is 6.42 Å². The second-order valence-corrected chi connectivity index (χ2v) is 5.10. The molecule has 0 unspecified atom stereocenters. The van der Waals surface area contributed by atoms with Crippen molar-refractivity contribution >= 4 is 11.4 Å². The van der Waals surface area contributed by atoms with Gasteiger partial charge in [-0.25, -0.2) is 0 Å². The molecule has 22 heavy (non-hydrogen) atoms. The number of anilines is 1. The maximum absolute atomic E-state index is 13.6. The van der Waals surface area contributed by atoms with Crippen LogP contribution in [0.5, 0.6) is 0 Å². The molecular formula is C13H15F4N3O2. The Labute approximate surface area is 124 Å². The van der Waals surface area contributed by atoms with Crippen molar-refractivity contribution in [2.75, 3.05) is 37.6 Å². The molecule has 0 radical (unpaired) electrons. The number of nitro benzene ring substituents is 1. The second kappa shape index (κ2) is 6.47. The maximum Gasteiger partial charge on any atom is 0.401 e. The van der Waals surface area contributed by atoms with E-state index in [1.165, 1.54) is 17.0 Å². The lowest BCUT2D eigenvalue weighted by molar-refractivity contribution is -0.386. The molecule has 0 bridgehead atoms. The molecule has 122 valence electrons. The number of para-hydroxylation sites is 1. The van der Waals surface area contributed by atoms with Crippen LogP contribution < -0.4 is 4.90 Å². The zero-order valence-electron chi connectivity index (χ0n) is 11.6. The summed E-state index contributed by atoms with van der Waals surface area (Å²) < 4.78 is 50.9. The van der Waals surface area contributed by atoms with Crippen LogP contribution in [0.4, 0.5) is 28.9 Å². The van der Waals surface area contributed by atoms with Gasteiger partial charge in [-0.05, 0) is 18.6 Å².